The Balaban J connectivity index is 2.63. The van der Waals surface area contributed by atoms with Crippen molar-refractivity contribution in [3.8, 4) is 0 Å². The summed E-state index contributed by atoms with van der Waals surface area (Å²) in [7, 11) is -2.90. The molecule has 1 fully saturated rings. The standard InChI is InChI=1S/C6H13NO2S/c1-6(2)3-4-10(8,9)7-5-6/h7H,3-5H2,1-2H3. The van der Waals surface area contributed by atoms with Crippen LogP contribution >= 0.6 is 0 Å². The maximum absolute atomic E-state index is 10.8. The first kappa shape index (κ1) is 8.01. The van der Waals surface area contributed by atoms with Crippen molar-refractivity contribution in [2.24, 2.45) is 5.41 Å². The largest absolute Gasteiger partial charge is 0.215 e. The molecule has 0 radical (unpaired) electrons. The average Bonchev–Trinajstić information content (AvgIpc) is 1.79. The zero-order valence-corrected chi connectivity index (χ0v) is 7.16. The SMILES string of the molecule is CC1(C)CCS(=O)(=O)NC1. The third kappa shape index (κ3) is 1.95. The smallest absolute Gasteiger partial charge is 0.211 e. The third-order valence-electron chi connectivity index (χ3n) is 1.82. The van der Waals surface area contributed by atoms with E-state index in [1.54, 1.807) is 0 Å². The molecule has 0 aliphatic carbocycles. The maximum Gasteiger partial charge on any atom is 0.211 e. The highest BCUT2D eigenvalue weighted by Crippen LogP contribution is 2.23. The lowest BCUT2D eigenvalue weighted by molar-refractivity contribution is 0.334. The monoisotopic (exact) mass is 163 g/mol. The minimum absolute atomic E-state index is 0.144. The number of nitrogens with one attached hydrogen (secondary N) is 1. The lowest BCUT2D eigenvalue weighted by Crippen LogP contribution is -2.42. The van der Waals surface area contributed by atoms with Gasteiger partial charge in [0, 0.05) is 6.54 Å². The van der Waals surface area contributed by atoms with E-state index in [-0.39, 0.29) is 11.2 Å². The van der Waals surface area contributed by atoms with Crippen molar-refractivity contribution in [2.45, 2.75) is 20.3 Å². The Morgan fingerprint density at radius 2 is 2.00 bits per heavy atom. The number of rotatable bonds is 0. The summed E-state index contributed by atoms with van der Waals surface area (Å²) in [5.41, 5.74) is 0.144. The minimum atomic E-state index is -2.90. The van der Waals surface area contributed by atoms with Crippen molar-refractivity contribution in [3.63, 3.8) is 0 Å². The highest BCUT2D eigenvalue weighted by molar-refractivity contribution is 7.89. The van der Waals surface area contributed by atoms with Gasteiger partial charge in [0.1, 0.15) is 0 Å². The van der Waals surface area contributed by atoms with Crippen molar-refractivity contribution in [3.05, 3.63) is 0 Å². The van der Waals surface area contributed by atoms with Crippen LogP contribution in [0.2, 0.25) is 0 Å². The van der Waals surface area contributed by atoms with Crippen molar-refractivity contribution in [2.75, 3.05) is 12.3 Å². The molecule has 1 aliphatic rings. The van der Waals surface area contributed by atoms with Gasteiger partial charge in [-0.05, 0) is 11.8 Å². The first-order chi connectivity index (χ1) is 4.41. The highest BCUT2D eigenvalue weighted by Gasteiger charge is 2.28. The van der Waals surface area contributed by atoms with Crippen LogP contribution in [0.1, 0.15) is 20.3 Å². The van der Waals surface area contributed by atoms with Gasteiger partial charge in [-0.25, -0.2) is 13.1 Å². The predicted molar refractivity (Wildman–Crippen MR) is 40.2 cm³/mol. The summed E-state index contributed by atoms with van der Waals surface area (Å²) >= 11 is 0. The molecule has 0 bridgehead atoms. The molecule has 0 aromatic heterocycles. The molecule has 60 valence electrons. The Morgan fingerprint density at radius 3 is 2.30 bits per heavy atom. The van der Waals surface area contributed by atoms with E-state index in [2.05, 4.69) is 18.6 Å². The van der Waals surface area contributed by atoms with Gasteiger partial charge in [-0.3, -0.25) is 0 Å². The molecular formula is C6H13NO2S. The maximum atomic E-state index is 10.8. The van der Waals surface area contributed by atoms with Gasteiger partial charge in [0.25, 0.3) is 0 Å². The van der Waals surface area contributed by atoms with Gasteiger partial charge in [0.05, 0.1) is 5.75 Å². The summed E-state index contributed by atoms with van der Waals surface area (Å²) in [6.07, 6.45) is 0.766. The quantitative estimate of drug-likeness (QED) is 0.559. The molecule has 1 rings (SSSR count). The zero-order valence-electron chi connectivity index (χ0n) is 6.35. The van der Waals surface area contributed by atoms with Crippen LogP contribution in [0.15, 0.2) is 0 Å². The molecule has 0 saturated carbocycles. The molecule has 0 spiro atoms. The Labute approximate surface area is 61.9 Å². The van der Waals surface area contributed by atoms with Gasteiger partial charge in [0.15, 0.2) is 0 Å². The molecule has 3 nitrogen and oxygen atoms in total. The molecule has 0 aromatic carbocycles. The van der Waals surface area contributed by atoms with Gasteiger partial charge in [-0.15, -0.1) is 0 Å². The zero-order chi connectivity index (χ0) is 7.83. The number of hydrogen-bond donors (Lipinski definition) is 1. The van der Waals surface area contributed by atoms with E-state index in [1.165, 1.54) is 0 Å². The summed E-state index contributed by atoms with van der Waals surface area (Å²) in [5, 5.41) is 0. The highest BCUT2D eigenvalue weighted by atomic mass is 32.2. The summed E-state index contributed by atoms with van der Waals surface area (Å²) in [6.45, 7) is 4.71. The van der Waals surface area contributed by atoms with Crippen LogP contribution < -0.4 is 4.72 Å². The van der Waals surface area contributed by atoms with Gasteiger partial charge in [0.2, 0.25) is 10.0 Å². The molecule has 1 aliphatic heterocycles. The number of sulfonamides is 1. The van der Waals surface area contributed by atoms with Gasteiger partial charge in [-0.2, -0.15) is 0 Å². The number of hydrogen-bond acceptors (Lipinski definition) is 2. The van der Waals surface area contributed by atoms with Gasteiger partial charge in [-0.1, -0.05) is 13.8 Å². The third-order valence-corrected chi connectivity index (χ3v) is 3.14. The van der Waals surface area contributed by atoms with Crippen LogP contribution in [-0.2, 0) is 10.0 Å². The molecule has 0 aromatic rings. The predicted octanol–water partition coefficient (Wildman–Crippen LogP) is 0.336. The molecule has 0 atom stereocenters. The van der Waals surface area contributed by atoms with Crippen LogP contribution in [0.4, 0.5) is 0 Å². The fraction of sp³-hybridized carbons (Fsp3) is 1.00. The van der Waals surface area contributed by atoms with E-state index >= 15 is 0 Å². The fourth-order valence-corrected chi connectivity index (χ4v) is 2.45. The summed E-state index contributed by atoms with van der Waals surface area (Å²) in [5.74, 6) is 0.278. The first-order valence-electron chi connectivity index (χ1n) is 3.39. The van der Waals surface area contributed by atoms with Crippen LogP contribution in [0, 0.1) is 5.41 Å². The fourth-order valence-electron chi connectivity index (χ4n) is 0.877. The molecule has 1 saturated heterocycles. The summed E-state index contributed by atoms with van der Waals surface area (Å²) in [6, 6.07) is 0. The summed E-state index contributed by atoms with van der Waals surface area (Å²) in [4.78, 5) is 0. The van der Waals surface area contributed by atoms with Crippen molar-refractivity contribution < 1.29 is 8.42 Å². The van der Waals surface area contributed by atoms with Gasteiger partial charge < -0.3 is 0 Å². The molecule has 1 heterocycles. The first-order valence-corrected chi connectivity index (χ1v) is 5.04. The molecule has 4 heteroatoms. The Morgan fingerprint density at radius 1 is 1.40 bits per heavy atom. The molecule has 0 amide bonds. The van der Waals surface area contributed by atoms with E-state index < -0.39 is 10.0 Å². The van der Waals surface area contributed by atoms with E-state index in [9.17, 15) is 8.42 Å². The lowest BCUT2D eigenvalue weighted by atomic mass is 9.91. The van der Waals surface area contributed by atoms with Crippen LogP contribution in [0.25, 0.3) is 0 Å². The van der Waals surface area contributed by atoms with Crippen LogP contribution in [0.5, 0.6) is 0 Å². The van der Waals surface area contributed by atoms with E-state index in [0.717, 1.165) is 6.42 Å². The second kappa shape index (κ2) is 2.20. The van der Waals surface area contributed by atoms with Crippen LogP contribution in [-0.4, -0.2) is 20.7 Å². The lowest BCUT2D eigenvalue weighted by Gasteiger charge is -2.29. The normalized spacial score (nSPS) is 29.8. The average molecular weight is 163 g/mol. The molecule has 0 unspecified atom stereocenters. The van der Waals surface area contributed by atoms with E-state index in [1.807, 2.05) is 0 Å². The molecular weight excluding hydrogens is 150 g/mol. The Hall–Kier alpha value is -0.0900. The van der Waals surface area contributed by atoms with Crippen LogP contribution in [0.3, 0.4) is 0 Å². The van der Waals surface area contributed by atoms with Crippen molar-refractivity contribution in [1.82, 2.24) is 4.72 Å². The Bertz CT molecular complexity index is 202. The van der Waals surface area contributed by atoms with E-state index in [4.69, 9.17) is 0 Å². The second-order valence-corrected chi connectivity index (χ2v) is 5.48. The minimum Gasteiger partial charge on any atom is -0.215 e. The molecule has 10 heavy (non-hydrogen) atoms. The Kier molecular flexibility index (Phi) is 1.76. The van der Waals surface area contributed by atoms with Crippen molar-refractivity contribution in [1.29, 1.82) is 0 Å². The van der Waals surface area contributed by atoms with E-state index in [0.29, 0.717) is 6.54 Å². The van der Waals surface area contributed by atoms with Gasteiger partial charge >= 0.3 is 0 Å². The summed E-state index contributed by atoms with van der Waals surface area (Å²) < 4.78 is 24.2. The molecule has 1 N–H and O–H groups in total. The second-order valence-electron chi connectivity index (χ2n) is 3.55. The topological polar surface area (TPSA) is 46.2 Å². The van der Waals surface area contributed by atoms with Crippen molar-refractivity contribution >= 4 is 10.0 Å².